The molecule has 2 heterocycles. The zero-order chi connectivity index (χ0) is 13.0. The number of hydrogen-bond acceptors (Lipinski definition) is 4. The molecule has 0 aliphatic carbocycles. The normalized spacial score (nSPS) is 15.3. The molecule has 1 aliphatic heterocycles. The maximum atomic E-state index is 11.9. The summed E-state index contributed by atoms with van der Waals surface area (Å²) in [6.07, 6.45) is 3.23. The van der Waals surface area contributed by atoms with E-state index < -0.39 is 11.8 Å². The molecular weight excluding hydrogens is 232 g/mol. The predicted octanol–water partition coefficient (Wildman–Crippen LogP) is -0.240. The van der Waals surface area contributed by atoms with Crippen molar-refractivity contribution in [1.29, 1.82) is 0 Å². The quantitative estimate of drug-likeness (QED) is 0.673. The minimum absolute atomic E-state index is 0.479. The number of anilines is 1. The minimum Gasteiger partial charge on any atom is -0.332 e. The van der Waals surface area contributed by atoms with E-state index in [4.69, 9.17) is 0 Å². The molecule has 18 heavy (non-hydrogen) atoms. The van der Waals surface area contributed by atoms with Crippen LogP contribution in [0.5, 0.6) is 0 Å². The van der Waals surface area contributed by atoms with Crippen LogP contribution in [0, 0.1) is 6.92 Å². The van der Waals surface area contributed by atoms with Gasteiger partial charge in [-0.05, 0) is 18.6 Å². The van der Waals surface area contributed by atoms with Gasteiger partial charge in [0.25, 0.3) is 0 Å². The highest BCUT2D eigenvalue weighted by atomic mass is 16.2. The summed E-state index contributed by atoms with van der Waals surface area (Å²) in [6.45, 7) is 4.43. The molecule has 1 aromatic heterocycles. The van der Waals surface area contributed by atoms with Crippen molar-refractivity contribution in [2.24, 2.45) is 0 Å². The van der Waals surface area contributed by atoms with Crippen molar-refractivity contribution < 1.29 is 9.59 Å². The monoisotopic (exact) mass is 248 g/mol. The van der Waals surface area contributed by atoms with Crippen molar-refractivity contribution in [3.63, 3.8) is 0 Å². The number of carbonyl (C=O) groups is 2. The van der Waals surface area contributed by atoms with E-state index in [0.29, 0.717) is 18.8 Å². The number of amides is 2. The minimum atomic E-state index is -0.591. The van der Waals surface area contributed by atoms with Crippen LogP contribution in [0.2, 0.25) is 0 Å². The average molecular weight is 248 g/mol. The first-order valence-corrected chi connectivity index (χ1v) is 5.90. The number of aryl methyl sites for hydroxylation is 1. The Morgan fingerprint density at radius 2 is 2.11 bits per heavy atom. The Morgan fingerprint density at radius 3 is 2.78 bits per heavy atom. The maximum Gasteiger partial charge on any atom is 0.313 e. The van der Waals surface area contributed by atoms with E-state index in [0.717, 1.165) is 18.7 Å². The first-order valence-electron chi connectivity index (χ1n) is 5.90. The Bertz CT molecular complexity index is 455. The van der Waals surface area contributed by atoms with Gasteiger partial charge in [-0.2, -0.15) is 0 Å². The van der Waals surface area contributed by atoms with E-state index >= 15 is 0 Å². The molecule has 6 heteroatoms. The Kier molecular flexibility index (Phi) is 3.88. The summed E-state index contributed by atoms with van der Waals surface area (Å²) in [5, 5.41) is 5.75. The van der Waals surface area contributed by atoms with Gasteiger partial charge in [-0.3, -0.25) is 14.6 Å². The van der Waals surface area contributed by atoms with Crippen molar-refractivity contribution >= 4 is 17.5 Å². The summed E-state index contributed by atoms with van der Waals surface area (Å²) in [6, 6.07) is 1.68. The number of carbonyl (C=O) groups excluding carboxylic acids is 2. The SMILES string of the molecule is Cc1cnccc1NC(=O)C(=O)N1CCNCC1. The fourth-order valence-electron chi connectivity index (χ4n) is 1.80. The summed E-state index contributed by atoms with van der Waals surface area (Å²) in [7, 11) is 0. The molecule has 0 atom stereocenters. The fraction of sp³-hybridized carbons (Fsp3) is 0.417. The van der Waals surface area contributed by atoms with Gasteiger partial charge in [0.05, 0.1) is 0 Å². The highest BCUT2D eigenvalue weighted by Crippen LogP contribution is 2.11. The Morgan fingerprint density at radius 1 is 1.39 bits per heavy atom. The molecule has 1 saturated heterocycles. The largest absolute Gasteiger partial charge is 0.332 e. The topological polar surface area (TPSA) is 74.3 Å². The van der Waals surface area contributed by atoms with Gasteiger partial charge in [0.15, 0.2) is 0 Å². The zero-order valence-electron chi connectivity index (χ0n) is 10.3. The number of nitrogens with zero attached hydrogens (tertiary/aromatic N) is 2. The standard InChI is InChI=1S/C12H16N4O2/c1-9-8-14-3-2-10(9)15-11(17)12(18)16-6-4-13-5-7-16/h2-3,8,13H,4-7H2,1H3,(H,14,15,17). The molecule has 0 bridgehead atoms. The molecule has 1 fully saturated rings. The summed E-state index contributed by atoms with van der Waals surface area (Å²) in [5.74, 6) is -1.07. The second-order valence-electron chi connectivity index (χ2n) is 4.19. The van der Waals surface area contributed by atoms with E-state index in [9.17, 15) is 9.59 Å². The van der Waals surface area contributed by atoms with Gasteiger partial charge in [-0.25, -0.2) is 0 Å². The lowest BCUT2D eigenvalue weighted by atomic mass is 10.2. The molecule has 0 radical (unpaired) electrons. The molecule has 0 spiro atoms. The number of pyridine rings is 1. The summed E-state index contributed by atoms with van der Waals surface area (Å²) in [5.41, 5.74) is 1.46. The van der Waals surface area contributed by atoms with Crippen molar-refractivity contribution in [3.8, 4) is 0 Å². The van der Waals surface area contributed by atoms with E-state index in [1.807, 2.05) is 6.92 Å². The highest BCUT2D eigenvalue weighted by Gasteiger charge is 2.23. The smallest absolute Gasteiger partial charge is 0.313 e. The molecular formula is C12H16N4O2. The van der Waals surface area contributed by atoms with Crippen LogP contribution in [0.4, 0.5) is 5.69 Å². The van der Waals surface area contributed by atoms with Crippen LogP contribution in [0.15, 0.2) is 18.5 Å². The van der Waals surface area contributed by atoms with Crippen LogP contribution in [-0.2, 0) is 9.59 Å². The predicted molar refractivity (Wildman–Crippen MR) is 67.1 cm³/mol. The molecule has 2 rings (SSSR count). The van der Waals surface area contributed by atoms with Gasteiger partial charge < -0.3 is 15.5 Å². The molecule has 96 valence electrons. The van der Waals surface area contributed by atoms with Crippen LogP contribution < -0.4 is 10.6 Å². The lowest BCUT2D eigenvalue weighted by Crippen LogP contribution is -2.49. The van der Waals surface area contributed by atoms with Gasteiger partial charge in [-0.1, -0.05) is 0 Å². The third-order valence-electron chi connectivity index (χ3n) is 2.87. The highest BCUT2D eigenvalue weighted by molar-refractivity contribution is 6.39. The van der Waals surface area contributed by atoms with Crippen molar-refractivity contribution in [1.82, 2.24) is 15.2 Å². The fourth-order valence-corrected chi connectivity index (χ4v) is 1.80. The summed E-state index contributed by atoms with van der Waals surface area (Å²) >= 11 is 0. The number of rotatable bonds is 1. The van der Waals surface area contributed by atoms with Crippen LogP contribution >= 0.6 is 0 Å². The molecule has 1 aromatic rings. The lowest BCUT2D eigenvalue weighted by molar-refractivity contribution is -0.143. The molecule has 0 unspecified atom stereocenters. The summed E-state index contributed by atoms with van der Waals surface area (Å²) in [4.78, 5) is 29.2. The summed E-state index contributed by atoms with van der Waals surface area (Å²) < 4.78 is 0. The third-order valence-corrected chi connectivity index (χ3v) is 2.87. The van der Waals surface area contributed by atoms with E-state index in [2.05, 4.69) is 15.6 Å². The Labute approximate surface area is 105 Å². The molecule has 0 aromatic carbocycles. The lowest BCUT2D eigenvalue weighted by Gasteiger charge is -2.26. The van der Waals surface area contributed by atoms with Crippen molar-refractivity contribution in [3.05, 3.63) is 24.0 Å². The van der Waals surface area contributed by atoms with Crippen LogP contribution in [0.25, 0.3) is 0 Å². The number of nitrogens with one attached hydrogen (secondary N) is 2. The van der Waals surface area contributed by atoms with E-state index in [-0.39, 0.29) is 0 Å². The number of aromatic nitrogens is 1. The van der Waals surface area contributed by atoms with Crippen molar-refractivity contribution in [2.75, 3.05) is 31.5 Å². The second kappa shape index (κ2) is 5.59. The number of piperazine rings is 1. The Hall–Kier alpha value is -1.95. The van der Waals surface area contributed by atoms with Gasteiger partial charge in [0, 0.05) is 44.3 Å². The van der Waals surface area contributed by atoms with E-state index in [1.54, 1.807) is 23.4 Å². The first kappa shape index (κ1) is 12.5. The van der Waals surface area contributed by atoms with Gasteiger partial charge in [-0.15, -0.1) is 0 Å². The maximum absolute atomic E-state index is 11.9. The second-order valence-corrected chi connectivity index (χ2v) is 4.19. The molecule has 2 amide bonds. The van der Waals surface area contributed by atoms with E-state index in [1.165, 1.54) is 0 Å². The van der Waals surface area contributed by atoms with Crippen LogP contribution in [0.3, 0.4) is 0 Å². The third kappa shape index (κ3) is 2.84. The number of hydrogen-bond donors (Lipinski definition) is 2. The molecule has 2 N–H and O–H groups in total. The van der Waals surface area contributed by atoms with Gasteiger partial charge in [0.1, 0.15) is 0 Å². The molecule has 1 aliphatic rings. The van der Waals surface area contributed by atoms with Crippen LogP contribution in [-0.4, -0.2) is 47.9 Å². The Balaban J connectivity index is 1.99. The molecule has 0 saturated carbocycles. The van der Waals surface area contributed by atoms with Gasteiger partial charge in [0.2, 0.25) is 0 Å². The zero-order valence-corrected chi connectivity index (χ0v) is 10.3. The molecule has 6 nitrogen and oxygen atoms in total. The van der Waals surface area contributed by atoms with Crippen molar-refractivity contribution in [2.45, 2.75) is 6.92 Å². The van der Waals surface area contributed by atoms with Gasteiger partial charge >= 0.3 is 11.8 Å². The first-order chi connectivity index (χ1) is 8.68. The van der Waals surface area contributed by atoms with Crippen LogP contribution in [0.1, 0.15) is 5.56 Å². The average Bonchev–Trinajstić information content (AvgIpc) is 2.41.